The summed E-state index contributed by atoms with van der Waals surface area (Å²) in [7, 11) is 1.54. The number of hydrogen-bond acceptors (Lipinski definition) is 4. The lowest BCUT2D eigenvalue weighted by Gasteiger charge is -2.10. The van der Waals surface area contributed by atoms with Crippen molar-refractivity contribution < 1.29 is 13.9 Å². The Kier molecular flexibility index (Phi) is 5.43. The molecule has 0 saturated carbocycles. The van der Waals surface area contributed by atoms with Crippen molar-refractivity contribution >= 4 is 17.4 Å². The summed E-state index contributed by atoms with van der Waals surface area (Å²) >= 11 is 0. The number of aromatic nitrogens is 1. The molecule has 132 valence electrons. The van der Waals surface area contributed by atoms with Gasteiger partial charge in [0.25, 0.3) is 5.91 Å². The summed E-state index contributed by atoms with van der Waals surface area (Å²) in [5.41, 5.74) is 1.54. The Morgan fingerprint density at radius 1 is 1.08 bits per heavy atom. The van der Waals surface area contributed by atoms with Crippen LogP contribution in [0.25, 0.3) is 0 Å². The summed E-state index contributed by atoms with van der Waals surface area (Å²) < 4.78 is 18.8. The molecule has 0 radical (unpaired) electrons. The van der Waals surface area contributed by atoms with Crippen molar-refractivity contribution in [3.8, 4) is 5.75 Å². The summed E-state index contributed by atoms with van der Waals surface area (Å²) in [5.74, 6) is 0.578. The van der Waals surface area contributed by atoms with Crippen molar-refractivity contribution in [1.82, 2.24) is 4.98 Å². The van der Waals surface area contributed by atoms with Gasteiger partial charge < -0.3 is 15.4 Å². The van der Waals surface area contributed by atoms with E-state index >= 15 is 0 Å². The summed E-state index contributed by atoms with van der Waals surface area (Å²) in [5, 5.41) is 5.82. The summed E-state index contributed by atoms with van der Waals surface area (Å²) in [4.78, 5) is 16.5. The van der Waals surface area contributed by atoms with Gasteiger partial charge in [-0.2, -0.15) is 0 Å². The molecule has 6 heteroatoms. The van der Waals surface area contributed by atoms with Crippen LogP contribution < -0.4 is 15.4 Å². The van der Waals surface area contributed by atoms with Crippen LogP contribution in [0.1, 0.15) is 15.9 Å². The molecule has 0 fully saturated rings. The third-order valence-electron chi connectivity index (χ3n) is 3.80. The van der Waals surface area contributed by atoms with E-state index < -0.39 is 0 Å². The zero-order valence-electron chi connectivity index (χ0n) is 14.2. The zero-order chi connectivity index (χ0) is 18.4. The minimum absolute atomic E-state index is 0.271. The van der Waals surface area contributed by atoms with E-state index in [1.807, 2.05) is 12.1 Å². The van der Waals surface area contributed by atoms with E-state index in [4.69, 9.17) is 4.74 Å². The van der Waals surface area contributed by atoms with Crippen LogP contribution in [0, 0.1) is 5.82 Å². The van der Waals surface area contributed by atoms with Crippen molar-refractivity contribution in [2.75, 3.05) is 17.7 Å². The van der Waals surface area contributed by atoms with E-state index in [0.717, 1.165) is 0 Å². The molecule has 26 heavy (non-hydrogen) atoms. The van der Waals surface area contributed by atoms with E-state index in [9.17, 15) is 9.18 Å². The van der Waals surface area contributed by atoms with Gasteiger partial charge in [0.2, 0.25) is 0 Å². The maximum Gasteiger partial charge on any atom is 0.257 e. The number of anilines is 2. The molecule has 1 amide bonds. The minimum atomic E-state index is -0.289. The van der Waals surface area contributed by atoms with Crippen LogP contribution in [0.4, 0.5) is 15.9 Å². The van der Waals surface area contributed by atoms with Crippen LogP contribution in [-0.2, 0) is 6.54 Å². The van der Waals surface area contributed by atoms with Gasteiger partial charge in [-0.3, -0.25) is 4.79 Å². The number of amides is 1. The minimum Gasteiger partial charge on any atom is -0.495 e. The Hall–Kier alpha value is -3.41. The number of pyridine rings is 1. The SMILES string of the molecule is COc1ccccc1NC(=O)c1ccc(NCc2ccccc2F)nc1. The predicted octanol–water partition coefficient (Wildman–Crippen LogP) is 4.09. The molecule has 2 N–H and O–H groups in total. The van der Waals surface area contributed by atoms with Gasteiger partial charge in [0.1, 0.15) is 17.4 Å². The molecule has 3 rings (SSSR count). The largest absolute Gasteiger partial charge is 0.495 e. The molecule has 1 heterocycles. The number of ether oxygens (including phenoxy) is 1. The van der Waals surface area contributed by atoms with Crippen LogP contribution in [0.15, 0.2) is 66.9 Å². The molecule has 0 bridgehead atoms. The van der Waals surface area contributed by atoms with E-state index in [1.54, 1.807) is 49.6 Å². The first kappa shape index (κ1) is 17.4. The molecular formula is C20H18FN3O2. The lowest BCUT2D eigenvalue weighted by Crippen LogP contribution is -2.13. The number of carbonyl (C=O) groups excluding carboxylic acids is 1. The maximum atomic E-state index is 13.6. The monoisotopic (exact) mass is 351 g/mol. The predicted molar refractivity (Wildman–Crippen MR) is 98.9 cm³/mol. The quantitative estimate of drug-likeness (QED) is 0.702. The summed E-state index contributed by atoms with van der Waals surface area (Å²) in [6, 6.07) is 17.0. The number of nitrogens with zero attached hydrogens (tertiary/aromatic N) is 1. The van der Waals surface area contributed by atoms with E-state index in [0.29, 0.717) is 34.9 Å². The molecule has 0 aliphatic carbocycles. The molecule has 1 aromatic heterocycles. The van der Waals surface area contributed by atoms with Gasteiger partial charge in [-0.1, -0.05) is 30.3 Å². The normalized spacial score (nSPS) is 10.2. The number of halogens is 1. The van der Waals surface area contributed by atoms with Gasteiger partial charge >= 0.3 is 0 Å². The molecule has 3 aromatic rings. The number of rotatable bonds is 6. The van der Waals surface area contributed by atoms with Crippen molar-refractivity contribution in [2.24, 2.45) is 0 Å². The highest BCUT2D eigenvalue weighted by molar-refractivity contribution is 6.04. The molecule has 0 unspecified atom stereocenters. The van der Waals surface area contributed by atoms with Gasteiger partial charge in [-0.25, -0.2) is 9.37 Å². The number of nitrogens with one attached hydrogen (secondary N) is 2. The molecule has 0 atom stereocenters. The smallest absolute Gasteiger partial charge is 0.257 e. The number of para-hydroxylation sites is 2. The highest BCUT2D eigenvalue weighted by Crippen LogP contribution is 2.23. The second-order valence-corrected chi connectivity index (χ2v) is 5.53. The number of methoxy groups -OCH3 is 1. The Bertz CT molecular complexity index is 898. The average Bonchev–Trinajstić information content (AvgIpc) is 2.68. The maximum absolute atomic E-state index is 13.6. The van der Waals surface area contributed by atoms with Crippen LogP contribution in [0.5, 0.6) is 5.75 Å². The van der Waals surface area contributed by atoms with Gasteiger partial charge in [-0.15, -0.1) is 0 Å². The Balaban J connectivity index is 1.63. The lowest BCUT2D eigenvalue weighted by atomic mass is 10.2. The van der Waals surface area contributed by atoms with Gasteiger partial charge in [0, 0.05) is 18.3 Å². The fraction of sp³-hybridized carbons (Fsp3) is 0.100. The van der Waals surface area contributed by atoms with Crippen LogP contribution in [-0.4, -0.2) is 18.0 Å². The Labute approximate surface area is 150 Å². The average molecular weight is 351 g/mol. The summed E-state index contributed by atoms with van der Waals surface area (Å²) in [6.07, 6.45) is 1.47. The molecule has 0 spiro atoms. The third kappa shape index (κ3) is 4.16. The molecule has 2 aromatic carbocycles. The molecule has 0 saturated heterocycles. The second kappa shape index (κ2) is 8.11. The first-order chi connectivity index (χ1) is 12.7. The number of benzene rings is 2. The van der Waals surface area contributed by atoms with Crippen molar-refractivity contribution in [3.05, 3.63) is 83.8 Å². The van der Waals surface area contributed by atoms with Crippen LogP contribution in [0.2, 0.25) is 0 Å². The Morgan fingerprint density at radius 2 is 1.85 bits per heavy atom. The highest BCUT2D eigenvalue weighted by Gasteiger charge is 2.10. The van der Waals surface area contributed by atoms with Gasteiger partial charge in [0.05, 0.1) is 18.4 Å². The molecule has 0 aliphatic rings. The van der Waals surface area contributed by atoms with Crippen molar-refractivity contribution in [1.29, 1.82) is 0 Å². The number of carbonyl (C=O) groups is 1. The third-order valence-corrected chi connectivity index (χ3v) is 3.80. The van der Waals surface area contributed by atoms with Crippen molar-refractivity contribution in [3.63, 3.8) is 0 Å². The number of hydrogen-bond donors (Lipinski definition) is 2. The first-order valence-corrected chi connectivity index (χ1v) is 8.05. The second-order valence-electron chi connectivity index (χ2n) is 5.53. The standard InChI is InChI=1S/C20H18FN3O2/c1-26-18-9-5-4-8-17(18)24-20(25)15-10-11-19(23-13-15)22-12-14-6-2-3-7-16(14)21/h2-11,13H,12H2,1H3,(H,22,23)(H,24,25). The summed E-state index contributed by atoms with van der Waals surface area (Å²) in [6.45, 7) is 0.312. The van der Waals surface area contributed by atoms with Crippen molar-refractivity contribution in [2.45, 2.75) is 6.54 Å². The highest BCUT2D eigenvalue weighted by atomic mass is 19.1. The fourth-order valence-electron chi connectivity index (χ4n) is 2.40. The van der Waals surface area contributed by atoms with Gasteiger partial charge in [0.15, 0.2) is 0 Å². The Morgan fingerprint density at radius 3 is 2.58 bits per heavy atom. The van der Waals surface area contributed by atoms with Crippen LogP contribution >= 0.6 is 0 Å². The van der Waals surface area contributed by atoms with E-state index in [2.05, 4.69) is 15.6 Å². The van der Waals surface area contributed by atoms with Crippen LogP contribution in [0.3, 0.4) is 0 Å². The molecule has 0 aliphatic heterocycles. The van der Waals surface area contributed by atoms with E-state index in [1.165, 1.54) is 12.3 Å². The lowest BCUT2D eigenvalue weighted by molar-refractivity contribution is 0.102. The van der Waals surface area contributed by atoms with Gasteiger partial charge in [-0.05, 0) is 30.3 Å². The fourth-order valence-corrected chi connectivity index (χ4v) is 2.40. The molecular weight excluding hydrogens is 333 g/mol. The first-order valence-electron chi connectivity index (χ1n) is 8.05. The molecule has 5 nitrogen and oxygen atoms in total. The topological polar surface area (TPSA) is 63.2 Å². The zero-order valence-corrected chi connectivity index (χ0v) is 14.2. The van der Waals surface area contributed by atoms with E-state index in [-0.39, 0.29) is 11.7 Å².